The van der Waals surface area contributed by atoms with Crippen LogP contribution in [0.2, 0.25) is 0 Å². The van der Waals surface area contributed by atoms with Gasteiger partial charge in [-0.15, -0.1) is 0 Å². The first-order chi connectivity index (χ1) is 7.06. The first-order valence-electron chi connectivity index (χ1n) is 5.77. The Morgan fingerprint density at radius 1 is 1.67 bits per heavy atom. The number of rotatable bonds is 4. The zero-order valence-electron chi connectivity index (χ0n) is 10.1. The number of hydrogen-bond donors (Lipinski definition) is 1. The Morgan fingerprint density at radius 3 is 2.73 bits per heavy atom. The molecule has 0 bridgehead atoms. The second-order valence-corrected chi connectivity index (χ2v) is 5.21. The summed E-state index contributed by atoms with van der Waals surface area (Å²) in [5.74, 6) is 0.757. The fourth-order valence-electron chi connectivity index (χ4n) is 2.44. The summed E-state index contributed by atoms with van der Waals surface area (Å²) in [5.41, 5.74) is 1.81. The minimum atomic E-state index is 0.470. The first-order valence-corrected chi connectivity index (χ1v) is 5.77. The Morgan fingerprint density at radius 2 is 2.33 bits per heavy atom. The Hall–Kier alpha value is -0.830. The maximum absolute atomic E-state index is 4.25. The van der Waals surface area contributed by atoms with Crippen molar-refractivity contribution in [2.45, 2.75) is 33.2 Å². The van der Waals surface area contributed by atoms with Crippen molar-refractivity contribution in [1.29, 1.82) is 0 Å². The van der Waals surface area contributed by atoms with E-state index in [1.165, 1.54) is 12.1 Å². The van der Waals surface area contributed by atoms with Crippen molar-refractivity contribution in [3.63, 3.8) is 0 Å². The molecule has 1 aromatic heterocycles. The molecule has 0 amide bonds. The zero-order valence-corrected chi connectivity index (χ0v) is 10.1. The van der Waals surface area contributed by atoms with E-state index in [1.807, 2.05) is 17.9 Å². The fourth-order valence-corrected chi connectivity index (χ4v) is 2.44. The molecule has 0 aromatic carbocycles. The van der Waals surface area contributed by atoms with Gasteiger partial charge in [-0.1, -0.05) is 20.8 Å². The van der Waals surface area contributed by atoms with Crippen molar-refractivity contribution >= 4 is 0 Å². The van der Waals surface area contributed by atoms with Crippen LogP contribution >= 0.6 is 0 Å². The number of hydrogen-bond acceptors (Lipinski definition) is 2. The second kappa shape index (κ2) is 3.63. The highest BCUT2D eigenvalue weighted by atomic mass is 15.3. The SMILES string of the molecule is CCNC(c1ccnn1C)C1CC1(C)C. The molecule has 2 atom stereocenters. The van der Waals surface area contributed by atoms with Crippen LogP contribution in [0.5, 0.6) is 0 Å². The van der Waals surface area contributed by atoms with E-state index in [2.05, 4.69) is 37.3 Å². The molecule has 1 heterocycles. The van der Waals surface area contributed by atoms with E-state index < -0.39 is 0 Å². The summed E-state index contributed by atoms with van der Waals surface area (Å²) in [6.07, 6.45) is 3.20. The molecule has 3 heteroatoms. The Kier molecular flexibility index (Phi) is 2.59. The molecular weight excluding hydrogens is 186 g/mol. The molecular formula is C12H21N3. The van der Waals surface area contributed by atoms with Crippen molar-refractivity contribution in [2.75, 3.05) is 6.54 Å². The highest BCUT2D eigenvalue weighted by molar-refractivity contribution is 5.15. The summed E-state index contributed by atoms with van der Waals surface area (Å²) in [5, 5.41) is 7.84. The molecule has 0 radical (unpaired) electrons. The molecule has 1 fully saturated rings. The Labute approximate surface area is 91.9 Å². The van der Waals surface area contributed by atoms with Gasteiger partial charge in [-0.05, 0) is 30.4 Å². The van der Waals surface area contributed by atoms with Crippen LogP contribution in [0.4, 0.5) is 0 Å². The number of nitrogens with zero attached hydrogens (tertiary/aromatic N) is 2. The molecule has 1 aliphatic carbocycles. The summed E-state index contributed by atoms with van der Waals surface area (Å²) in [7, 11) is 2.02. The van der Waals surface area contributed by atoms with Crippen LogP contribution in [0.1, 0.15) is 38.9 Å². The highest BCUT2D eigenvalue weighted by Crippen LogP contribution is 2.57. The lowest BCUT2D eigenvalue weighted by molar-refractivity contribution is 0.403. The number of aryl methyl sites for hydroxylation is 1. The average molecular weight is 207 g/mol. The van der Waals surface area contributed by atoms with Crippen molar-refractivity contribution in [2.24, 2.45) is 18.4 Å². The van der Waals surface area contributed by atoms with E-state index >= 15 is 0 Å². The van der Waals surface area contributed by atoms with Crippen LogP contribution in [0.3, 0.4) is 0 Å². The quantitative estimate of drug-likeness (QED) is 0.819. The topological polar surface area (TPSA) is 29.9 Å². The fraction of sp³-hybridized carbons (Fsp3) is 0.750. The van der Waals surface area contributed by atoms with Gasteiger partial charge in [0.05, 0.1) is 11.7 Å². The summed E-state index contributed by atoms with van der Waals surface area (Å²) in [4.78, 5) is 0. The summed E-state index contributed by atoms with van der Waals surface area (Å²) >= 11 is 0. The molecule has 2 rings (SSSR count). The third-order valence-corrected chi connectivity index (χ3v) is 3.59. The summed E-state index contributed by atoms with van der Waals surface area (Å²) in [6.45, 7) is 7.87. The molecule has 3 nitrogen and oxygen atoms in total. The zero-order chi connectivity index (χ0) is 11.1. The predicted octanol–water partition coefficient (Wildman–Crippen LogP) is 2.12. The van der Waals surface area contributed by atoms with Gasteiger partial charge in [0, 0.05) is 13.2 Å². The van der Waals surface area contributed by atoms with Crippen molar-refractivity contribution in [3.8, 4) is 0 Å². The predicted molar refractivity (Wildman–Crippen MR) is 61.5 cm³/mol. The van der Waals surface area contributed by atoms with Gasteiger partial charge >= 0.3 is 0 Å². The second-order valence-electron chi connectivity index (χ2n) is 5.21. The number of aromatic nitrogens is 2. The molecule has 0 aliphatic heterocycles. The average Bonchev–Trinajstić information content (AvgIpc) is 2.57. The van der Waals surface area contributed by atoms with E-state index in [1.54, 1.807) is 0 Å². The van der Waals surface area contributed by atoms with Gasteiger partial charge in [0.25, 0.3) is 0 Å². The molecule has 1 aliphatic rings. The van der Waals surface area contributed by atoms with Crippen LogP contribution in [0, 0.1) is 11.3 Å². The van der Waals surface area contributed by atoms with Crippen molar-refractivity contribution in [1.82, 2.24) is 15.1 Å². The molecule has 1 saturated carbocycles. The molecule has 2 unspecified atom stereocenters. The molecule has 1 N–H and O–H groups in total. The molecule has 1 aromatic rings. The third kappa shape index (κ3) is 1.93. The minimum Gasteiger partial charge on any atom is -0.309 e. The number of nitrogens with one attached hydrogen (secondary N) is 1. The summed E-state index contributed by atoms with van der Waals surface area (Å²) in [6, 6.07) is 2.60. The first kappa shape index (κ1) is 10.7. The summed E-state index contributed by atoms with van der Waals surface area (Å²) < 4.78 is 1.99. The smallest absolute Gasteiger partial charge is 0.0553 e. The molecule has 0 saturated heterocycles. The van der Waals surface area contributed by atoms with Gasteiger partial charge in [-0.3, -0.25) is 4.68 Å². The normalized spacial score (nSPS) is 25.2. The molecule has 84 valence electrons. The van der Waals surface area contributed by atoms with Crippen LogP contribution < -0.4 is 5.32 Å². The third-order valence-electron chi connectivity index (χ3n) is 3.59. The lowest BCUT2D eigenvalue weighted by Crippen LogP contribution is -2.26. The van der Waals surface area contributed by atoms with Crippen molar-refractivity contribution < 1.29 is 0 Å². The maximum atomic E-state index is 4.25. The monoisotopic (exact) mass is 207 g/mol. The van der Waals surface area contributed by atoms with Gasteiger partial charge in [0.2, 0.25) is 0 Å². The lowest BCUT2D eigenvalue weighted by atomic mass is 10.0. The molecule has 0 spiro atoms. The Balaban J connectivity index is 2.18. The van der Waals surface area contributed by atoms with Crippen LogP contribution in [-0.2, 0) is 7.05 Å². The van der Waals surface area contributed by atoms with E-state index in [9.17, 15) is 0 Å². The van der Waals surface area contributed by atoms with E-state index in [0.29, 0.717) is 11.5 Å². The maximum Gasteiger partial charge on any atom is 0.0553 e. The highest BCUT2D eigenvalue weighted by Gasteiger charge is 2.50. The van der Waals surface area contributed by atoms with E-state index in [0.717, 1.165) is 12.5 Å². The van der Waals surface area contributed by atoms with Crippen molar-refractivity contribution in [3.05, 3.63) is 18.0 Å². The van der Waals surface area contributed by atoms with Crippen LogP contribution in [0.25, 0.3) is 0 Å². The van der Waals surface area contributed by atoms with E-state index in [4.69, 9.17) is 0 Å². The van der Waals surface area contributed by atoms with Gasteiger partial charge < -0.3 is 5.32 Å². The van der Waals surface area contributed by atoms with E-state index in [-0.39, 0.29) is 0 Å². The van der Waals surface area contributed by atoms with Gasteiger partial charge in [0.1, 0.15) is 0 Å². The van der Waals surface area contributed by atoms with Gasteiger partial charge in [-0.25, -0.2) is 0 Å². The lowest BCUT2D eigenvalue weighted by Gasteiger charge is -2.19. The van der Waals surface area contributed by atoms with Crippen LogP contribution in [0.15, 0.2) is 12.3 Å². The van der Waals surface area contributed by atoms with Gasteiger partial charge in [-0.2, -0.15) is 5.10 Å². The molecule has 15 heavy (non-hydrogen) atoms. The van der Waals surface area contributed by atoms with Gasteiger partial charge in [0.15, 0.2) is 0 Å². The standard InChI is InChI=1S/C12H21N3/c1-5-13-11(9-8-12(9,2)3)10-6-7-14-15(10)4/h6-7,9,11,13H,5,8H2,1-4H3. The minimum absolute atomic E-state index is 0.470. The van der Waals surface area contributed by atoms with Crippen LogP contribution in [-0.4, -0.2) is 16.3 Å². The largest absolute Gasteiger partial charge is 0.309 e. The Bertz CT molecular complexity index is 340.